The molecule has 5 rings (SSSR count). The molecule has 0 bridgehead atoms. The quantitative estimate of drug-likeness (QED) is 0.423. The molecule has 0 N–H and O–H groups in total. The fraction of sp³-hybridized carbons (Fsp3) is 0.273. The first-order valence-corrected chi connectivity index (χ1v) is 11.8. The second kappa shape index (κ2) is 8.31. The van der Waals surface area contributed by atoms with Gasteiger partial charge in [0.1, 0.15) is 0 Å². The predicted octanol–water partition coefficient (Wildman–Crippen LogP) is -0.0276. The molecular formula is C22H21Cl2SiZr. The van der Waals surface area contributed by atoms with Crippen LogP contribution in [0.3, 0.4) is 0 Å². The summed E-state index contributed by atoms with van der Waals surface area (Å²) in [5.41, 5.74) is 9.63. The zero-order valence-electron chi connectivity index (χ0n) is 14.9. The minimum absolute atomic E-state index is 0. The van der Waals surface area contributed by atoms with Crippen LogP contribution in [0.4, 0.5) is 0 Å². The van der Waals surface area contributed by atoms with Gasteiger partial charge in [-0.1, -0.05) is 73.4 Å². The van der Waals surface area contributed by atoms with Crippen LogP contribution in [-0.2, 0) is 26.2 Å². The maximum Gasteiger partial charge on any atom is 3.00 e. The Hall–Kier alpha value is -0.400. The number of allylic oxidation sites excluding steroid dienone is 4. The van der Waals surface area contributed by atoms with Crippen LogP contribution in [0, 0.1) is 6.08 Å². The summed E-state index contributed by atoms with van der Waals surface area (Å²) in [6.07, 6.45) is 10.5. The summed E-state index contributed by atoms with van der Waals surface area (Å²) >= 11 is 0. The number of rotatable bonds is 2. The van der Waals surface area contributed by atoms with Gasteiger partial charge in [-0.2, -0.15) is 17.7 Å². The molecule has 1 atom stereocenters. The van der Waals surface area contributed by atoms with Crippen LogP contribution in [0.1, 0.15) is 35.1 Å². The van der Waals surface area contributed by atoms with E-state index in [1.165, 1.54) is 40.8 Å². The van der Waals surface area contributed by atoms with E-state index in [0.29, 0.717) is 5.54 Å². The van der Waals surface area contributed by atoms with E-state index in [1.807, 2.05) is 0 Å². The molecule has 1 unspecified atom stereocenters. The molecule has 0 aromatic heterocycles. The van der Waals surface area contributed by atoms with Gasteiger partial charge in [0.2, 0.25) is 0 Å². The summed E-state index contributed by atoms with van der Waals surface area (Å²) in [5, 5.41) is 0. The Morgan fingerprint density at radius 2 is 1.62 bits per heavy atom. The third kappa shape index (κ3) is 3.18. The van der Waals surface area contributed by atoms with Crippen molar-refractivity contribution in [1.29, 1.82) is 0 Å². The molecule has 0 nitrogen and oxygen atoms in total. The van der Waals surface area contributed by atoms with Gasteiger partial charge < -0.3 is 24.8 Å². The molecule has 2 aromatic rings. The fourth-order valence-corrected chi connectivity index (χ4v) is 8.89. The van der Waals surface area contributed by atoms with Gasteiger partial charge in [0.25, 0.3) is 0 Å². The third-order valence-corrected chi connectivity index (χ3v) is 11.1. The number of halogens is 2. The smallest absolute Gasteiger partial charge is 1.00 e. The second-order valence-electron chi connectivity index (χ2n) is 7.49. The van der Waals surface area contributed by atoms with E-state index in [-0.39, 0.29) is 51.0 Å². The summed E-state index contributed by atoms with van der Waals surface area (Å²) in [7, 11) is -1.21. The Morgan fingerprint density at radius 3 is 2.27 bits per heavy atom. The van der Waals surface area contributed by atoms with Gasteiger partial charge in [0.15, 0.2) is 0 Å². The van der Waals surface area contributed by atoms with Crippen LogP contribution in [0.2, 0.25) is 18.6 Å². The Morgan fingerprint density at radius 1 is 0.923 bits per heavy atom. The first-order chi connectivity index (χ1) is 11.3. The molecule has 26 heavy (non-hydrogen) atoms. The fourth-order valence-electron chi connectivity index (χ4n) is 4.83. The Balaban J connectivity index is 0.000000810. The van der Waals surface area contributed by atoms with Crippen LogP contribution in [0.15, 0.2) is 54.6 Å². The zero-order chi connectivity index (χ0) is 15.4. The molecule has 3 aliphatic rings. The Bertz CT molecular complexity index is 868. The molecule has 0 amide bonds. The van der Waals surface area contributed by atoms with Gasteiger partial charge in [0.05, 0.1) is 8.07 Å². The summed E-state index contributed by atoms with van der Waals surface area (Å²) in [6, 6.07) is 19.0. The molecule has 4 heteroatoms. The van der Waals surface area contributed by atoms with Gasteiger partial charge in [-0.25, -0.2) is 0 Å². The molecule has 1 aliphatic heterocycles. The van der Waals surface area contributed by atoms with E-state index >= 15 is 0 Å². The minimum Gasteiger partial charge on any atom is -1.00 e. The third-order valence-electron chi connectivity index (χ3n) is 6.13. The summed E-state index contributed by atoms with van der Waals surface area (Å²) in [5.74, 6) is 0. The van der Waals surface area contributed by atoms with E-state index in [1.54, 1.807) is 11.1 Å². The zero-order valence-corrected chi connectivity index (χ0v) is 19.8. The van der Waals surface area contributed by atoms with Crippen molar-refractivity contribution in [3.8, 4) is 11.1 Å². The van der Waals surface area contributed by atoms with Crippen molar-refractivity contribution in [2.45, 2.75) is 37.0 Å². The van der Waals surface area contributed by atoms with E-state index in [9.17, 15) is 0 Å². The van der Waals surface area contributed by atoms with E-state index in [0.717, 1.165) is 6.42 Å². The maximum atomic E-state index is 3.56. The maximum absolute atomic E-state index is 3.56. The number of benzene rings is 2. The molecule has 1 heterocycles. The minimum atomic E-state index is -1.21. The molecule has 1 fully saturated rings. The molecular weight excluding hydrogens is 454 g/mol. The standard InChI is InChI=1S/C22H21Si.2ClH.Zr/c1-23(14-7-15-23)22-20-11-5-4-10-18(20)19-13-6-12-17(21(19)22)16-8-2-3-9-16;;;/h2,4-6,8,10-13,22H,3,7,14-15H2,1H3;2*1H;/q-1;;;+3/p-2. The van der Waals surface area contributed by atoms with E-state index in [4.69, 9.17) is 0 Å². The normalized spacial score (nSPS) is 20.5. The molecule has 0 saturated carbocycles. The Kier molecular flexibility index (Phi) is 7.00. The van der Waals surface area contributed by atoms with Crippen molar-refractivity contribution >= 4 is 13.6 Å². The van der Waals surface area contributed by atoms with Crippen molar-refractivity contribution < 1.29 is 51.0 Å². The number of hydrogen-bond donors (Lipinski definition) is 0. The van der Waals surface area contributed by atoms with Gasteiger partial charge in [0, 0.05) is 0 Å². The van der Waals surface area contributed by atoms with Crippen molar-refractivity contribution in [3.05, 3.63) is 77.4 Å². The topological polar surface area (TPSA) is 0 Å². The molecule has 1 saturated heterocycles. The average Bonchev–Trinajstić information content (AvgIpc) is 3.19. The van der Waals surface area contributed by atoms with Gasteiger partial charge in [-0.05, 0) is 22.2 Å². The average molecular weight is 476 g/mol. The van der Waals surface area contributed by atoms with Gasteiger partial charge in [-0.15, -0.1) is 17.7 Å². The molecule has 2 aliphatic carbocycles. The monoisotopic (exact) mass is 473 g/mol. The largest absolute Gasteiger partial charge is 3.00 e. The summed E-state index contributed by atoms with van der Waals surface area (Å²) < 4.78 is 0. The van der Waals surface area contributed by atoms with E-state index < -0.39 is 8.07 Å². The number of hydrogen-bond acceptors (Lipinski definition) is 0. The first-order valence-electron chi connectivity index (χ1n) is 8.78. The van der Waals surface area contributed by atoms with Crippen LogP contribution < -0.4 is 24.8 Å². The van der Waals surface area contributed by atoms with Gasteiger partial charge >= 0.3 is 26.2 Å². The van der Waals surface area contributed by atoms with Gasteiger partial charge in [-0.3, -0.25) is 0 Å². The van der Waals surface area contributed by atoms with Crippen LogP contribution in [0.25, 0.3) is 16.7 Å². The van der Waals surface area contributed by atoms with E-state index in [2.05, 4.69) is 67.2 Å². The number of fused-ring (bicyclic) bond motifs is 3. The second-order valence-corrected chi connectivity index (χ2v) is 12.4. The van der Waals surface area contributed by atoms with Crippen molar-refractivity contribution in [3.63, 3.8) is 0 Å². The Labute approximate surface area is 189 Å². The molecule has 0 spiro atoms. The van der Waals surface area contributed by atoms with Crippen molar-refractivity contribution in [1.82, 2.24) is 0 Å². The predicted molar refractivity (Wildman–Crippen MR) is 100.0 cm³/mol. The van der Waals surface area contributed by atoms with Crippen molar-refractivity contribution in [2.75, 3.05) is 0 Å². The van der Waals surface area contributed by atoms with Crippen molar-refractivity contribution in [2.24, 2.45) is 0 Å². The molecule has 131 valence electrons. The van der Waals surface area contributed by atoms with Crippen LogP contribution in [-0.4, -0.2) is 8.07 Å². The molecule has 2 aromatic carbocycles. The first kappa shape index (κ1) is 21.9. The summed E-state index contributed by atoms with van der Waals surface area (Å²) in [6.45, 7) is 2.63. The summed E-state index contributed by atoms with van der Waals surface area (Å²) in [4.78, 5) is 0. The molecule has 1 radical (unpaired) electrons. The SMILES string of the molecule is C[Si]1(C2c3ccccc3-c3cccc(C4=[C-]CC=C4)c32)CCC1.[Cl-].[Cl-].[Zr+3]. The van der Waals surface area contributed by atoms with Crippen LogP contribution in [0.5, 0.6) is 0 Å². The van der Waals surface area contributed by atoms with Crippen LogP contribution >= 0.6 is 0 Å².